The molecule has 0 aromatic heterocycles. The van der Waals surface area contributed by atoms with Crippen LogP contribution < -0.4 is 20.3 Å². The lowest BCUT2D eigenvalue weighted by Gasteiger charge is -2.23. The molecule has 3 aromatic rings. The summed E-state index contributed by atoms with van der Waals surface area (Å²) in [4.78, 5) is 27.3. The van der Waals surface area contributed by atoms with Crippen LogP contribution >= 0.6 is 0 Å². The van der Waals surface area contributed by atoms with E-state index in [2.05, 4.69) is 16.7 Å². The average Bonchev–Trinajstić information content (AvgIpc) is 3.22. The van der Waals surface area contributed by atoms with Gasteiger partial charge in [0.15, 0.2) is 0 Å². The number of hydrogen-bond donors (Lipinski definition) is 2. The van der Waals surface area contributed by atoms with Crippen molar-refractivity contribution in [1.82, 2.24) is 0 Å². The maximum atomic E-state index is 13.4. The summed E-state index contributed by atoms with van der Waals surface area (Å²) in [7, 11) is 1.59. The molecule has 1 unspecified atom stereocenters. The quantitative estimate of drug-likeness (QED) is 0.525. The lowest BCUT2D eigenvalue weighted by Crippen LogP contribution is -2.27. The van der Waals surface area contributed by atoms with E-state index in [1.54, 1.807) is 12.0 Å². The molecule has 0 spiro atoms. The molecule has 1 aliphatic heterocycles. The molecule has 1 atom stereocenters. The molecule has 6 nitrogen and oxygen atoms in total. The SMILES string of the molecule is COc1cc(NC(C(=O)Nc2cc(C)cc(C)c2)c2ccccc2)ccc1N1CCCC1=O. The van der Waals surface area contributed by atoms with Crippen LogP contribution in [-0.2, 0) is 9.59 Å². The van der Waals surface area contributed by atoms with E-state index in [1.165, 1.54) is 0 Å². The summed E-state index contributed by atoms with van der Waals surface area (Å²) in [5, 5.41) is 6.40. The normalized spacial score (nSPS) is 14.2. The van der Waals surface area contributed by atoms with Crippen LogP contribution in [-0.4, -0.2) is 25.5 Å². The molecule has 2 N–H and O–H groups in total. The zero-order valence-corrected chi connectivity index (χ0v) is 19.2. The molecule has 1 aliphatic rings. The number of aryl methyl sites for hydroxylation is 2. The lowest BCUT2D eigenvalue weighted by molar-refractivity contribution is -0.117. The van der Waals surface area contributed by atoms with Crippen molar-refractivity contribution < 1.29 is 14.3 Å². The minimum Gasteiger partial charge on any atom is -0.494 e. The lowest BCUT2D eigenvalue weighted by atomic mass is 10.0. The van der Waals surface area contributed by atoms with Crippen LogP contribution in [0.2, 0.25) is 0 Å². The second-order valence-electron chi connectivity index (χ2n) is 8.39. The first-order valence-corrected chi connectivity index (χ1v) is 11.1. The highest BCUT2D eigenvalue weighted by Gasteiger charge is 2.26. The van der Waals surface area contributed by atoms with Gasteiger partial charge in [-0.1, -0.05) is 36.4 Å². The first kappa shape index (κ1) is 22.4. The maximum absolute atomic E-state index is 13.4. The second kappa shape index (κ2) is 9.77. The van der Waals surface area contributed by atoms with Crippen molar-refractivity contribution >= 4 is 28.9 Å². The summed E-state index contributed by atoms with van der Waals surface area (Å²) in [5.41, 5.74) is 5.27. The Hall–Kier alpha value is -3.80. The molecule has 3 aromatic carbocycles. The highest BCUT2D eigenvalue weighted by Crippen LogP contribution is 2.35. The molecular weight excluding hydrogens is 414 g/mol. The Balaban J connectivity index is 1.62. The number of carbonyl (C=O) groups is 2. The number of ether oxygens (including phenoxy) is 1. The maximum Gasteiger partial charge on any atom is 0.251 e. The molecule has 0 bridgehead atoms. The van der Waals surface area contributed by atoms with Crippen molar-refractivity contribution in [2.45, 2.75) is 32.7 Å². The summed E-state index contributed by atoms with van der Waals surface area (Å²) in [6.07, 6.45) is 1.40. The number of anilines is 3. The number of hydrogen-bond acceptors (Lipinski definition) is 4. The minimum absolute atomic E-state index is 0.101. The number of nitrogens with one attached hydrogen (secondary N) is 2. The van der Waals surface area contributed by atoms with E-state index in [1.807, 2.05) is 74.5 Å². The number of carbonyl (C=O) groups excluding carboxylic acids is 2. The van der Waals surface area contributed by atoms with E-state index >= 15 is 0 Å². The summed E-state index contributed by atoms with van der Waals surface area (Å²) >= 11 is 0. The summed E-state index contributed by atoms with van der Waals surface area (Å²) in [5.74, 6) is 0.532. The standard InChI is InChI=1S/C27H29N3O3/c1-18-14-19(2)16-22(15-18)29-27(32)26(20-8-5-4-6-9-20)28-21-11-12-23(24(17-21)33-3)30-13-7-10-25(30)31/h4-6,8-9,11-12,14-17,26,28H,7,10,13H2,1-3H3,(H,29,32). The second-order valence-corrected chi connectivity index (χ2v) is 8.39. The summed E-state index contributed by atoms with van der Waals surface area (Å²) in [6, 6.07) is 20.5. The highest BCUT2D eigenvalue weighted by molar-refractivity contribution is 5.98. The Morgan fingerprint density at radius 2 is 1.70 bits per heavy atom. The molecule has 1 heterocycles. The van der Waals surface area contributed by atoms with Gasteiger partial charge in [-0.15, -0.1) is 0 Å². The molecule has 1 saturated heterocycles. The van der Waals surface area contributed by atoms with Crippen LogP contribution in [0.15, 0.2) is 66.7 Å². The van der Waals surface area contributed by atoms with E-state index < -0.39 is 6.04 Å². The molecular formula is C27H29N3O3. The minimum atomic E-state index is -0.615. The van der Waals surface area contributed by atoms with Crippen molar-refractivity contribution in [2.24, 2.45) is 0 Å². The Bertz CT molecular complexity index is 1140. The van der Waals surface area contributed by atoms with Crippen LogP contribution in [0.3, 0.4) is 0 Å². The van der Waals surface area contributed by atoms with Gasteiger partial charge >= 0.3 is 0 Å². The van der Waals surface area contributed by atoms with Crippen molar-refractivity contribution in [3.05, 3.63) is 83.4 Å². The highest BCUT2D eigenvalue weighted by atomic mass is 16.5. The number of rotatable bonds is 7. The fourth-order valence-corrected chi connectivity index (χ4v) is 4.27. The van der Waals surface area contributed by atoms with E-state index in [4.69, 9.17) is 4.74 Å². The molecule has 170 valence electrons. The van der Waals surface area contributed by atoms with Crippen molar-refractivity contribution in [3.63, 3.8) is 0 Å². The summed E-state index contributed by atoms with van der Waals surface area (Å²) < 4.78 is 5.58. The van der Waals surface area contributed by atoms with Crippen molar-refractivity contribution in [2.75, 3.05) is 29.2 Å². The van der Waals surface area contributed by atoms with Crippen LogP contribution in [0.25, 0.3) is 0 Å². The number of amides is 2. The van der Waals surface area contributed by atoms with E-state index in [0.29, 0.717) is 18.7 Å². The van der Waals surface area contributed by atoms with Gasteiger partial charge in [-0.05, 0) is 61.2 Å². The van der Waals surface area contributed by atoms with Crippen LogP contribution in [0.1, 0.15) is 35.6 Å². The first-order valence-electron chi connectivity index (χ1n) is 11.1. The Kier molecular flexibility index (Phi) is 6.63. The number of nitrogens with zero attached hydrogens (tertiary/aromatic N) is 1. The van der Waals surface area contributed by atoms with Crippen LogP contribution in [0, 0.1) is 13.8 Å². The van der Waals surface area contributed by atoms with Gasteiger partial charge in [0.25, 0.3) is 5.91 Å². The van der Waals surface area contributed by atoms with E-state index in [9.17, 15) is 9.59 Å². The average molecular weight is 444 g/mol. The molecule has 0 aliphatic carbocycles. The van der Waals surface area contributed by atoms with E-state index in [-0.39, 0.29) is 11.8 Å². The molecule has 4 rings (SSSR count). The van der Waals surface area contributed by atoms with Gasteiger partial charge in [0.2, 0.25) is 5.91 Å². The zero-order chi connectivity index (χ0) is 23.4. The van der Waals surface area contributed by atoms with Gasteiger partial charge in [0.1, 0.15) is 11.8 Å². The molecule has 1 fully saturated rings. The fourth-order valence-electron chi connectivity index (χ4n) is 4.27. The Morgan fingerprint density at radius 1 is 0.970 bits per heavy atom. The molecule has 0 saturated carbocycles. The van der Waals surface area contributed by atoms with Gasteiger partial charge in [-0.25, -0.2) is 0 Å². The van der Waals surface area contributed by atoms with Gasteiger partial charge in [-0.2, -0.15) is 0 Å². The first-order chi connectivity index (χ1) is 15.9. The third-order valence-electron chi connectivity index (χ3n) is 5.74. The molecule has 0 radical (unpaired) electrons. The number of methoxy groups -OCH3 is 1. The monoisotopic (exact) mass is 443 g/mol. The van der Waals surface area contributed by atoms with Gasteiger partial charge in [-0.3, -0.25) is 9.59 Å². The Morgan fingerprint density at radius 3 is 2.33 bits per heavy atom. The van der Waals surface area contributed by atoms with Crippen LogP contribution in [0.4, 0.5) is 17.1 Å². The van der Waals surface area contributed by atoms with Crippen molar-refractivity contribution in [3.8, 4) is 5.75 Å². The third-order valence-corrected chi connectivity index (χ3v) is 5.74. The third kappa shape index (κ3) is 5.17. The Labute approximate surface area is 194 Å². The smallest absolute Gasteiger partial charge is 0.251 e. The zero-order valence-electron chi connectivity index (χ0n) is 19.2. The van der Waals surface area contributed by atoms with E-state index in [0.717, 1.165) is 40.2 Å². The predicted octanol–water partition coefficient (Wildman–Crippen LogP) is 5.23. The van der Waals surface area contributed by atoms with Gasteiger partial charge < -0.3 is 20.3 Å². The van der Waals surface area contributed by atoms with Crippen LogP contribution in [0.5, 0.6) is 5.75 Å². The van der Waals surface area contributed by atoms with Gasteiger partial charge in [0.05, 0.1) is 12.8 Å². The molecule has 6 heteroatoms. The number of benzene rings is 3. The largest absolute Gasteiger partial charge is 0.494 e. The summed E-state index contributed by atoms with van der Waals surface area (Å²) in [6.45, 7) is 4.70. The molecule has 33 heavy (non-hydrogen) atoms. The van der Waals surface area contributed by atoms with Crippen molar-refractivity contribution in [1.29, 1.82) is 0 Å². The fraction of sp³-hybridized carbons (Fsp3) is 0.259. The predicted molar refractivity (Wildman–Crippen MR) is 132 cm³/mol. The van der Waals surface area contributed by atoms with Gasteiger partial charge in [0, 0.05) is 30.4 Å². The topological polar surface area (TPSA) is 70.7 Å². The molecule has 2 amide bonds.